The Hall–Kier alpha value is -2.58. The molecule has 7 nitrogen and oxygen atoms in total. The molecule has 0 bridgehead atoms. The van der Waals surface area contributed by atoms with Crippen LogP contribution in [0.25, 0.3) is 0 Å². The average molecular weight is 273 g/mol. The van der Waals surface area contributed by atoms with Crippen LogP contribution in [0.2, 0.25) is 0 Å². The average Bonchev–Trinajstić information content (AvgIpc) is 2.31. The number of carboxylic acid groups (broad SMARTS) is 1. The number of carbonyl (C=O) groups is 3. The van der Waals surface area contributed by atoms with E-state index < -0.39 is 47.6 Å². The number of nitrogens with two attached hydrogens (primary N) is 1. The van der Waals surface area contributed by atoms with Crippen LogP contribution in [0.5, 0.6) is 0 Å². The van der Waals surface area contributed by atoms with Gasteiger partial charge in [-0.15, -0.1) is 0 Å². The van der Waals surface area contributed by atoms with Crippen molar-refractivity contribution in [3.8, 4) is 0 Å². The number of hydrogen-bond acceptors (Lipinski definition) is 4. The summed E-state index contributed by atoms with van der Waals surface area (Å²) in [6.07, 6.45) is 0.174. The molecule has 19 heavy (non-hydrogen) atoms. The number of rotatable bonds is 5. The van der Waals surface area contributed by atoms with Crippen molar-refractivity contribution in [2.45, 2.75) is 12.5 Å². The first-order valence-electron chi connectivity index (χ1n) is 4.95. The molecule has 4 N–H and O–H groups in total. The van der Waals surface area contributed by atoms with Gasteiger partial charge in [0.2, 0.25) is 11.9 Å². The third-order valence-electron chi connectivity index (χ3n) is 2.10. The molecule has 0 aliphatic heterocycles. The minimum absolute atomic E-state index is 0.670. The number of aliphatic carboxylic acids is 1. The maximum absolute atomic E-state index is 13.2. The van der Waals surface area contributed by atoms with Crippen LogP contribution in [-0.4, -0.2) is 33.9 Å². The van der Waals surface area contributed by atoms with Crippen molar-refractivity contribution in [3.63, 3.8) is 0 Å². The molecule has 0 fully saturated rings. The van der Waals surface area contributed by atoms with Gasteiger partial charge in [-0.3, -0.25) is 9.59 Å². The van der Waals surface area contributed by atoms with Crippen LogP contribution in [-0.2, 0) is 9.59 Å². The maximum atomic E-state index is 13.2. The molecule has 0 unspecified atom stereocenters. The fourth-order valence-electron chi connectivity index (χ4n) is 1.23. The van der Waals surface area contributed by atoms with Crippen molar-refractivity contribution in [1.82, 2.24) is 10.3 Å². The van der Waals surface area contributed by atoms with E-state index in [1.54, 1.807) is 0 Å². The Labute approximate surface area is 105 Å². The Balaban J connectivity index is 2.91. The van der Waals surface area contributed by atoms with Crippen LogP contribution in [0, 0.1) is 11.8 Å². The van der Waals surface area contributed by atoms with Gasteiger partial charge in [0.25, 0.3) is 5.91 Å². The Morgan fingerprint density at radius 1 is 1.42 bits per heavy atom. The van der Waals surface area contributed by atoms with E-state index in [1.165, 1.54) is 0 Å². The number of pyridine rings is 1. The summed E-state index contributed by atoms with van der Waals surface area (Å²) < 4.78 is 26.0. The summed E-state index contributed by atoms with van der Waals surface area (Å²) in [5.41, 5.74) is 4.08. The highest BCUT2D eigenvalue weighted by Gasteiger charge is 2.25. The largest absolute Gasteiger partial charge is 0.480 e. The Kier molecular flexibility index (Phi) is 4.46. The van der Waals surface area contributed by atoms with Gasteiger partial charge in [0.15, 0.2) is 5.82 Å². The minimum atomic E-state index is -1.62. The number of nitrogens with zero attached hydrogens (tertiary/aromatic N) is 1. The minimum Gasteiger partial charge on any atom is -0.480 e. The molecule has 9 heteroatoms. The third kappa shape index (κ3) is 3.69. The number of amides is 2. The number of primary amides is 1. The monoisotopic (exact) mass is 273 g/mol. The Bertz CT molecular complexity index is 536. The Morgan fingerprint density at radius 2 is 2.05 bits per heavy atom. The van der Waals surface area contributed by atoms with E-state index in [0.29, 0.717) is 0 Å². The first-order chi connectivity index (χ1) is 8.82. The van der Waals surface area contributed by atoms with E-state index in [4.69, 9.17) is 10.8 Å². The first kappa shape index (κ1) is 14.5. The molecule has 1 aromatic rings. The van der Waals surface area contributed by atoms with E-state index in [0.717, 1.165) is 12.3 Å². The number of carboxylic acids is 1. The molecule has 0 aliphatic carbocycles. The van der Waals surface area contributed by atoms with E-state index >= 15 is 0 Å². The molecule has 0 saturated heterocycles. The molecule has 0 radical (unpaired) electrons. The van der Waals surface area contributed by atoms with Crippen molar-refractivity contribution in [2.24, 2.45) is 5.73 Å². The summed E-state index contributed by atoms with van der Waals surface area (Å²) in [4.78, 5) is 35.9. The molecule has 1 aromatic heterocycles. The third-order valence-corrected chi connectivity index (χ3v) is 2.10. The summed E-state index contributed by atoms with van der Waals surface area (Å²) in [7, 11) is 0. The second kappa shape index (κ2) is 5.85. The highest BCUT2D eigenvalue weighted by molar-refractivity contribution is 5.97. The lowest BCUT2D eigenvalue weighted by Gasteiger charge is -2.12. The van der Waals surface area contributed by atoms with Crippen LogP contribution in [0.15, 0.2) is 12.3 Å². The fraction of sp³-hybridized carbons (Fsp3) is 0.200. The zero-order chi connectivity index (χ0) is 14.6. The first-order valence-corrected chi connectivity index (χ1v) is 4.95. The second-order valence-electron chi connectivity index (χ2n) is 3.50. The fourth-order valence-corrected chi connectivity index (χ4v) is 1.23. The highest BCUT2D eigenvalue weighted by atomic mass is 19.2. The predicted octanol–water partition coefficient (Wildman–Crippen LogP) is -0.582. The lowest BCUT2D eigenvalue weighted by molar-refractivity contribution is -0.140. The summed E-state index contributed by atoms with van der Waals surface area (Å²) in [5, 5.41) is 10.6. The summed E-state index contributed by atoms with van der Waals surface area (Å²) in [5.74, 6) is -6.68. The zero-order valence-electron chi connectivity index (χ0n) is 9.39. The van der Waals surface area contributed by atoms with Crippen molar-refractivity contribution in [3.05, 3.63) is 29.6 Å². The predicted molar refractivity (Wildman–Crippen MR) is 56.9 cm³/mol. The number of carbonyl (C=O) groups excluding carboxylic acids is 2. The van der Waals surface area contributed by atoms with Crippen LogP contribution >= 0.6 is 0 Å². The number of hydrogen-bond donors (Lipinski definition) is 3. The van der Waals surface area contributed by atoms with Crippen LogP contribution < -0.4 is 11.1 Å². The molecule has 0 aliphatic rings. The van der Waals surface area contributed by atoms with Gasteiger partial charge in [0, 0.05) is 6.20 Å². The molecule has 0 saturated carbocycles. The van der Waals surface area contributed by atoms with E-state index in [1.807, 2.05) is 5.32 Å². The smallest absolute Gasteiger partial charge is 0.326 e. The van der Waals surface area contributed by atoms with Crippen LogP contribution in [0.3, 0.4) is 0 Å². The van der Waals surface area contributed by atoms with Gasteiger partial charge in [0.05, 0.1) is 12.0 Å². The SMILES string of the molecule is NC(=O)C[C@@H](NC(=O)c1ccnc(F)c1F)C(=O)O. The number of nitrogens with one attached hydrogen (secondary N) is 1. The van der Waals surface area contributed by atoms with Crippen molar-refractivity contribution < 1.29 is 28.3 Å². The molecule has 0 spiro atoms. The maximum Gasteiger partial charge on any atom is 0.326 e. The molecule has 102 valence electrons. The molecule has 1 rings (SSSR count). The van der Waals surface area contributed by atoms with Crippen LogP contribution in [0.1, 0.15) is 16.8 Å². The van der Waals surface area contributed by atoms with E-state index in [-0.39, 0.29) is 0 Å². The summed E-state index contributed by atoms with van der Waals surface area (Å²) in [6.45, 7) is 0. The van der Waals surface area contributed by atoms with Gasteiger partial charge in [-0.05, 0) is 6.07 Å². The highest BCUT2D eigenvalue weighted by Crippen LogP contribution is 2.09. The lowest BCUT2D eigenvalue weighted by atomic mass is 10.1. The quantitative estimate of drug-likeness (QED) is 0.619. The molecular formula is C10H9F2N3O4. The molecule has 1 heterocycles. The van der Waals surface area contributed by atoms with E-state index in [2.05, 4.69) is 4.98 Å². The topological polar surface area (TPSA) is 122 Å². The van der Waals surface area contributed by atoms with Gasteiger partial charge < -0.3 is 16.2 Å². The molecular weight excluding hydrogens is 264 g/mol. The Morgan fingerprint density at radius 3 is 2.58 bits per heavy atom. The second-order valence-corrected chi connectivity index (χ2v) is 3.50. The number of aromatic nitrogens is 1. The van der Waals surface area contributed by atoms with Gasteiger partial charge in [0.1, 0.15) is 6.04 Å². The van der Waals surface area contributed by atoms with Crippen molar-refractivity contribution in [1.29, 1.82) is 0 Å². The van der Waals surface area contributed by atoms with Gasteiger partial charge >= 0.3 is 5.97 Å². The van der Waals surface area contributed by atoms with Crippen molar-refractivity contribution in [2.75, 3.05) is 0 Å². The van der Waals surface area contributed by atoms with Gasteiger partial charge in [-0.25, -0.2) is 14.2 Å². The van der Waals surface area contributed by atoms with E-state index in [9.17, 15) is 23.2 Å². The molecule has 1 atom stereocenters. The van der Waals surface area contributed by atoms with Gasteiger partial charge in [-0.2, -0.15) is 4.39 Å². The standard InChI is InChI=1S/C10H9F2N3O4/c11-7-4(1-2-14-8(7)12)9(17)15-5(10(18)19)3-6(13)16/h1-2,5H,3H2,(H2,13,16)(H,15,17)(H,18,19)/t5-/m1/s1. The molecule has 2 amide bonds. The molecule has 0 aromatic carbocycles. The summed E-state index contributed by atoms with van der Waals surface area (Å²) in [6, 6.07) is -0.752. The normalized spacial score (nSPS) is 11.7. The number of halogens is 2. The van der Waals surface area contributed by atoms with Crippen molar-refractivity contribution >= 4 is 17.8 Å². The summed E-state index contributed by atoms with van der Waals surface area (Å²) >= 11 is 0. The zero-order valence-corrected chi connectivity index (χ0v) is 9.39. The van der Waals surface area contributed by atoms with Crippen LogP contribution in [0.4, 0.5) is 8.78 Å². The van der Waals surface area contributed by atoms with Gasteiger partial charge in [-0.1, -0.05) is 0 Å². The lowest BCUT2D eigenvalue weighted by Crippen LogP contribution is -2.43.